The van der Waals surface area contributed by atoms with E-state index in [0.29, 0.717) is 50.6 Å². The number of thiophene rings is 2. The van der Waals surface area contributed by atoms with Crippen molar-refractivity contribution < 1.29 is 28.7 Å². The Morgan fingerprint density at radius 1 is 0.815 bits per heavy atom. The molecule has 27 heavy (non-hydrogen) atoms. The number of hydrogen-bond acceptors (Lipinski definition) is 8. The first kappa shape index (κ1) is 19.4. The molecule has 0 N–H and O–H groups in total. The van der Waals surface area contributed by atoms with Gasteiger partial charge in [-0.05, 0) is 19.1 Å². The smallest absolute Gasteiger partial charge is 0.183 e. The van der Waals surface area contributed by atoms with Gasteiger partial charge in [0.05, 0.1) is 23.0 Å². The molecule has 8 heteroatoms. The fourth-order valence-corrected chi connectivity index (χ4v) is 4.55. The molecule has 0 saturated heterocycles. The Morgan fingerprint density at radius 3 is 2.00 bits per heavy atom. The molecule has 0 aromatic carbocycles. The zero-order chi connectivity index (χ0) is 19.6. The molecule has 0 amide bonds. The number of carbonyl (C=O) groups is 4. The van der Waals surface area contributed by atoms with Gasteiger partial charge in [-0.25, -0.2) is 0 Å². The molecule has 3 rings (SSSR count). The molecule has 0 spiro atoms. The predicted octanol–water partition coefficient (Wildman–Crippen LogP) is 4.22. The van der Waals surface area contributed by atoms with Crippen LogP contribution in [0.5, 0.6) is 11.5 Å². The van der Waals surface area contributed by atoms with Crippen molar-refractivity contribution in [1.82, 2.24) is 0 Å². The fraction of sp³-hybridized carbons (Fsp3) is 0.368. The van der Waals surface area contributed by atoms with E-state index in [1.54, 1.807) is 12.1 Å². The molecule has 0 fully saturated rings. The largest absolute Gasteiger partial charge is 0.488 e. The highest BCUT2D eigenvalue weighted by Crippen LogP contribution is 2.44. The summed E-state index contributed by atoms with van der Waals surface area (Å²) in [6, 6.07) is 3.22. The molecule has 1 aliphatic heterocycles. The summed E-state index contributed by atoms with van der Waals surface area (Å²) < 4.78 is 11.3. The zero-order valence-electron chi connectivity index (χ0n) is 15.0. The van der Waals surface area contributed by atoms with Crippen LogP contribution in [0.25, 0.3) is 0 Å². The highest BCUT2D eigenvalue weighted by atomic mass is 32.1. The van der Waals surface area contributed by atoms with Crippen LogP contribution in [0.1, 0.15) is 71.8 Å². The summed E-state index contributed by atoms with van der Waals surface area (Å²) in [6.45, 7) is 3.69. The van der Waals surface area contributed by atoms with E-state index >= 15 is 0 Å². The van der Waals surface area contributed by atoms with Gasteiger partial charge in [-0.1, -0.05) is 0 Å². The van der Waals surface area contributed by atoms with E-state index in [9.17, 15) is 19.2 Å². The van der Waals surface area contributed by atoms with Crippen molar-refractivity contribution in [2.75, 3.05) is 13.2 Å². The minimum atomic E-state index is -0.258. The summed E-state index contributed by atoms with van der Waals surface area (Å²) >= 11 is 2.19. The van der Waals surface area contributed by atoms with Crippen LogP contribution < -0.4 is 9.47 Å². The lowest BCUT2D eigenvalue weighted by atomic mass is 10.1. The van der Waals surface area contributed by atoms with Crippen LogP contribution in [-0.2, 0) is 0 Å². The van der Waals surface area contributed by atoms with E-state index in [4.69, 9.17) is 9.47 Å². The van der Waals surface area contributed by atoms with Crippen molar-refractivity contribution in [2.45, 2.75) is 33.1 Å². The first-order valence-electron chi connectivity index (χ1n) is 8.49. The Kier molecular flexibility index (Phi) is 5.86. The summed E-state index contributed by atoms with van der Waals surface area (Å²) in [7, 11) is 0. The van der Waals surface area contributed by atoms with Gasteiger partial charge in [0.25, 0.3) is 0 Å². The van der Waals surface area contributed by atoms with Gasteiger partial charge in [-0.3, -0.25) is 19.2 Å². The summed E-state index contributed by atoms with van der Waals surface area (Å²) in [5.41, 5.74) is 0. The summed E-state index contributed by atoms with van der Waals surface area (Å²) in [6.07, 6.45) is 0.694. The molecule has 0 bridgehead atoms. The van der Waals surface area contributed by atoms with Crippen molar-refractivity contribution in [3.05, 3.63) is 31.6 Å². The van der Waals surface area contributed by atoms with Crippen molar-refractivity contribution >= 4 is 45.8 Å². The normalized spacial score (nSPS) is 13.1. The molecule has 6 nitrogen and oxygen atoms in total. The van der Waals surface area contributed by atoms with Crippen molar-refractivity contribution in [3.63, 3.8) is 0 Å². The third-order valence-corrected chi connectivity index (χ3v) is 6.51. The molecule has 2 aromatic heterocycles. The van der Waals surface area contributed by atoms with E-state index in [-0.39, 0.29) is 36.0 Å². The molecule has 0 aliphatic carbocycles. The van der Waals surface area contributed by atoms with Gasteiger partial charge in [0.2, 0.25) is 0 Å². The minimum absolute atomic E-state index is 0.000202. The first-order chi connectivity index (χ1) is 12.9. The van der Waals surface area contributed by atoms with Crippen LogP contribution in [-0.4, -0.2) is 36.3 Å². The van der Waals surface area contributed by atoms with E-state index in [0.717, 1.165) is 22.7 Å². The lowest BCUT2D eigenvalue weighted by Gasteiger charge is -2.05. The number of Topliss-reactive ketones (excluding diaryl/α,β-unsaturated/α-hetero) is 4. The van der Waals surface area contributed by atoms with Gasteiger partial charge in [0.15, 0.2) is 34.6 Å². The molecule has 2 aromatic rings. The van der Waals surface area contributed by atoms with E-state index in [2.05, 4.69) is 0 Å². The lowest BCUT2D eigenvalue weighted by molar-refractivity contribution is 0.0919. The van der Waals surface area contributed by atoms with Crippen LogP contribution in [0.15, 0.2) is 12.1 Å². The Hall–Kier alpha value is -2.32. The predicted molar refractivity (Wildman–Crippen MR) is 102 cm³/mol. The summed E-state index contributed by atoms with van der Waals surface area (Å²) in [5, 5.41) is 0. The van der Waals surface area contributed by atoms with Crippen LogP contribution >= 0.6 is 22.7 Å². The second-order valence-corrected chi connectivity index (χ2v) is 8.20. The van der Waals surface area contributed by atoms with Crippen LogP contribution in [0.2, 0.25) is 0 Å². The topological polar surface area (TPSA) is 86.7 Å². The molecule has 0 radical (unpaired) electrons. The maximum Gasteiger partial charge on any atom is 0.183 e. The number of fused-ring (bicyclic) bond motifs is 1. The molecular weight excluding hydrogens is 388 g/mol. The maximum absolute atomic E-state index is 12.7. The van der Waals surface area contributed by atoms with Crippen LogP contribution in [0.4, 0.5) is 0 Å². The second kappa shape index (κ2) is 8.14. The maximum atomic E-state index is 12.7. The molecule has 0 atom stereocenters. The van der Waals surface area contributed by atoms with Gasteiger partial charge < -0.3 is 9.47 Å². The van der Waals surface area contributed by atoms with Gasteiger partial charge in [-0.2, -0.15) is 0 Å². The Labute approximate surface area is 164 Å². The minimum Gasteiger partial charge on any atom is -0.488 e. The van der Waals surface area contributed by atoms with Crippen LogP contribution in [0.3, 0.4) is 0 Å². The van der Waals surface area contributed by atoms with Gasteiger partial charge >= 0.3 is 0 Å². The number of hydrogen-bond donors (Lipinski definition) is 0. The Balaban J connectivity index is 1.75. The van der Waals surface area contributed by atoms with Crippen LogP contribution in [0, 0.1) is 0 Å². The van der Waals surface area contributed by atoms with Crippen molar-refractivity contribution in [2.24, 2.45) is 0 Å². The van der Waals surface area contributed by atoms with E-state index in [1.165, 1.54) is 13.8 Å². The number of ether oxygens (including phenoxy) is 2. The molecule has 142 valence electrons. The SMILES string of the molecule is CC(=O)c1ccc(C(=O)CCC(=O)c2sc(C(C)=O)c3c2OCCCO3)s1. The standard InChI is InChI=1S/C19H18O6S2/c1-10(20)14-6-7-15(26-14)12(22)4-5-13(23)19-17-16(18(27-19)11(2)21)24-8-3-9-25-17/h6-7H,3-5,8-9H2,1-2H3. The van der Waals surface area contributed by atoms with Crippen molar-refractivity contribution in [1.29, 1.82) is 0 Å². The number of carbonyl (C=O) groups excluding carboxylic acids is 4. The molecule has 0 saturated carbocycles. The Bertz CT molecular complexity index is 921. The third kappa shape index (κ3) is 4.17. The number of rotatable bonds is 7. The van der Waals surface area contributed by atoms with E-state index < -0.39 is 0 Å². The van der Waals surface area contributed by atoms with Gasteiger partial charge in [-0.15, -0.1) is 22.7 Å². The molecular formula is C19H18O6S2. The number of ketones is 4. The second-order valence-electron chi connectivity index (χ2n) is 6.09. The average Bonchev–Trinajstić information content (AvgIpc) is 3.19. The highest BCUT2D eigenvalue weighted by molar-refractivity contribution is 7.17. The third-order valence-electron chi connectivity index (χ3n) is 3.98. The van der Waals surface area contributed by atoms with Crippen molar-refractivity contribution in [3.8, 4) is 11.5 Å². The Morgan fingerprint density at radius 2 is 1.41 bits per heavy atom. The first-order valence-corrected chi connectivity index (χ1v) is 10.1. The zero-order valence-corrected chi connectivity index (χ0v) is 16.6. The molecule has 0 unspecified atom stereocenters. The summed E-state index contributed by atoms with van der Waals surface area (Å²) in [4.78, 5) is 49.9. The molecule has 3 heterocycles. The lowest BCUT2D eigenvalue weighted by Crippen LogP contribution is -2.05. The van der Waals surface area contributed by atoms with Gasteiger partial charge in [0.1, 0.15) is 9.75 Å². The van der Waals surface area contributed by atoms with Gasteiger partial charge in [0, 0.05) is 26.2 Å². The monoisotopic (exact) mass is 406 g/mol. The quantitative estimate of drug-likeness (QED) is 0.640. The molecule has 1 aliphatic rings. The average molecular weight is 406 g/mol. The highest BCUT2D eigenvalue weighted by Gasteiger charge is 2.29. The van der Waals surface area contributed by atoms with E-state index in [1.807, 2.05) is 0 Å². The fourth-order valence-electron chi connectivity index (χ4n) is 2.63. The summed E-state index contributed by atoms with van der Waals surface area (Å²) in [5.74, 6) is -0.0740.